The SMILES string of the molecule is CN1CCN(c2ccc(N=C(c3ccccc3)c3c(O)[nH]c4cc(C(=O)NC5CCC5)c(S(=O)(=O)N5CCC(F)(F)C5)cc34)cc2)CC1. The van der Waals surface area contributed by atoms with Crippen molar-refractivity contribution < 1.29 is 27.1 Å². The van der Waals surface area contributed by atoms with Crippen LogP contribution in [-0.4, -0.2) is 97.6 Å². The molecule has 4 aromatic rings. The number of piperazine rings is 1. The Morgan fingerprint density at radius 1 is 1.00 bits per heavy atom. The molecule has 1 aliphatic carbocycles. The topological polar surface area (TPSA) is 121 Å². The molecule has 3 aliphatic rings. The number of nitrogens with zero attached hydrogens (tertiary/aromatic N) is 4. The Labute approximate surface area is 278 Å². The van der Waals surface area contributed by atoms with Crippen molar-refractivity contribution in [3.8, 4) is 5.88 Å². The maximum atomic E-state index is 14.2. The van der Waals surface area contributed by atoms with Crippen molar-refractivity contribution in [2.75, 3.05) is 51.2 Å². The fourth-order valence-electron chi connectivity index (χ4n) is 6.50. The van der Waals surface area contributed by atoms with E-state index in [2.05, 4.69) is 27.1 Å². The summed E-state index contributed by atoms with van der Waals surface area (Å²) in [6.07, 6.45) is 1.89. The first kappa shape index (κ1) is 32.2. The summed E-state index contributed by atoms with van der Waals surface area (Å²) in [4.78, 5) is 25.6. The number of aromatic nitrogens is 1. The van der Waals surface area contributed by atoms with Crippen LogP contribution in [0.5, 0.6) is 5.88 Å². The highest BCUT2D eigenvalue weighted by atomic mass is 32.2. The smallest absolute Gasteiger partial charge is 0.262 e. The Balaban J connectivity index is 1.35. The number of carbonyl (C=O) groups excluding carboxylic acids is 1. The molecule has 252 valence electrons. The van der Waals surface area contributed by atoms with Crippen LogP contribution in [0.3, 0.4) is 0 Å². The van der Waals surface area contributed by atoms with Gasteiger partial charge in [-0.2, -0.15) is 4.31 Å². The van der Waals surface area contributed by atoms with E-state index < -0.39 is 39.7 Å². The van der Waals surface area contributed by atoms with Crippen LogP contribution in [0.15, 0.2) is 76.6 Å². The average Bonchev–Trinajstić information content (AvgIpc) is 3.59. The molecule has 3 N–H and O–H groups in total. The van der Waals surface area contributed by atoms with Crippen LogP contribution < -0.4 is 10.2 Å². The first-order chi connectivity index (χ1) is 23.0. The van der Waals surface area contributed by atoms with Gasteiger partial charge in [0.1, 0.15) is 0 Å². The summed E-state index contributed by atoms with van der Waals surface area (Å²) in [5.74, 6) is -4.05. The molecule has 3 fully saturated rings. The molecule has 7 rings (SSSR count). The summed E-state index contributed by atoms with van der Waals surface area (Å²) >= 11 is 0. The van der Waals surface area contributed by atoms with Crippen LogP contribution in [0.2, 0.25) is 0 Å². The van der Waals surface area contributed by atoms with Gasteiger partial charge in [-0.1, -0.05) is 30.3 Å². The van der Waals surface area contributed by atoms with Crippen LogP contribution in [0.1, 0.15) is 47.2 Å². The lowest BCUT2D eigenvalue weighted by molar-refractivity contribution is 0.0183. The van der Waals surface area contributed by atoms with E-state index in [-0.39, 0.29) is 35.0 Å². The molecule has 1 amide bonds. The Kier molecular flexibility index (Phi) is 8.46. The van der Waals surface area contributed by atoms with E-state index in [1.165, 1.54) is 12.1 Å². The Hall–Kier alpha value is -4.33. The highest BCUT2D eigenvalue weighted by Gasteiger charge is 2.45. The number of likely N-dealkylation sites (N-methyl/N-ethyl adjacent to an activating group) is 1. The van der Waals surface area contributed by atoms with Crippen molar-refractivity contribution in [3.63, 3.8) is 0 Å². The second-order valence-electron chi connectivity index (χ2n) is 12.9. The van der Waals surface area contributed by atoms with Crippen molar-refractivity contribution in [2.24, 2.45) is 4.99 Å². The quantitative estimate of drug-likeness (QED) is 0.223. The van der Waals surface area contributed by atoms with Crippen LogP contribution in [0, 0.1) is 0 Å². The number of nitrogens with one attached hydrogen (secondary N) is 2. The average molecular weight is 677 g/mol. The zero-order valence-corrected chi connectivity index (χ0v) is 27.4. The van der Waals surface area contributed by atoms with Gasteiger partial charge in [-0.3, -0.25) is 4.79 Å². The molecule has 3 heterocycles. The fraction of sp³-hybridized carbons (Fsp3) is 0.371. The minimum absolute atomic E-state index is 0.0908. The second kappa shape index (κ2) is 12.6. The number of H-pyrrole nitrogens is 1. The standard InChI is InChI=1S/C35H38F2N6O4S/c1-41-16-18-42(19-17-41)26-12-10-25(11-13-26)38-32(23-6-3-2-4-7-23)31-27-21-30(48(46,47)43-15-14-35(36,37)22-43)28(20-29(27)40-34(31)45)33(44)39-24-8-5-9-24/h2-4,6-7,10-13,20-21,24,40,45H,5,8-9,14-19,22H2,1H3,(H,39,44). The molecule has 0 spiro atoms. The molecular weight excluding hydrogens is 638 g/mol. The summed E-state index contributed by atoms with van der Waals surface area (Å²) in [5.41, 5.74) is 3.09. The highest BCUT2D eigenvalue weighted by Crippen LogP contribution is 2.38. The van der Waals surface area contributed by atoms with Gasteiger partial charge in [-0.15, -0.1) is 0 Å². The van der Waals surface area contributed by atoms with Crippen molar-refractivity contribution in [3.05, 3.63) is 83.4 Å². The van der Waals surface area contributed by atoms with Gasteiger partial charge in [0.15, 0.2) is 5.88 Å². The summed E-state index contributed by atoms with van der Waals surface area (Å²) in [7, 11) is -2.42. The van der Waals surface area contributed by atoms with Gasteiger partial charge in [0.2, 0.25) is 10.0 Å². The molecular formula is C35H38F2N6O4S. The predicted molar refractivity (Wildman–Crippen MR) is 181 cm³/mol. The summed E-state index contributed by atoms with van der Waals surface area (Å²) in [6.45, 7) is 2.43. The van der Waals surface area contributed by atoms with Gasteiger partial charge in [0, 0.05) is 67.3 Å². The first-order valence-electron chi connectivity index (χ1n) is 16.2. The normalized spacial score (nSPS) is 19.5. The minimum Gasteiger partial charge on any atom is -0.494 e. The fourth-order valence-corrected chi connectivity index (χ4v) is 8.16. The molecule has 0 bridgehead atoms. The van der Waals surface area contributed by atoms with Crippen molar-refractivity contribution >= 4 is 43.9 Å². The summed E-state index contributed by atoms with van der Waals surface area (Å²) in [5, 5.41) is 14.5. The Bertz CT molecular complexity index is 1970. The summed E-state index contributed by atoms with van der Waals surface area (Å²) in [6, 6.07) is 19.6. The highest BCUT2D eigenvalue weighted by molar-refractivity contribution is 7.89. The van der Waals surface area contributed by atoms with E-state index in [1.54, 1.807) is 0 Å². The van der Waals surface area contributed by atoms with Crippen molar-refractivity contribution in [1.82, 2.24) is 19.5 Å². The van der Waals surface area contributed by atoms with Gasteiger partial charge < -0.3 is 25.2 Å². The maximum Gasteiger partial charge on any atom is 0.262 e. The lowest BCUT2D eigenvalue weighted by Crippen LogP contribution is -2.44. The van der Waals surface area contributed by atoms with Gasteiger partial charge >= 0.3 is 0 Å². The molecule has 13 heteroatoms. The van der Waals surface area contributed by atoms with Gasteiger partial charge in [0.05, 0.1) is 34.0 Å². The number of fused-ring (bicyclic) bond motifs is 1. The number of aromatic hydroxyl groups is 1. The third-order valence-corrected chi connectivity index (χ3v) is 11.4. The maximum absolute atomic E-state index is 14.2. The predicted octanol–water partition coefficient (Wildman–Crippen LogP) is 5.11. The van der Waals surface area contributed by atoms with E-state index in [0.29, 0.717) is 22.5 Å². The number of amides is 1. The van der Waals surface area contributed by atoms with Crippen molar-refractivity contribution in [2.45, 2.75) is 42.5 Å². The zero-order valence-electron chi connectivity index (χ0n) is 26.6. The number of sulfonamides is 1. The number of hydrogen-bond acceptors (Lipinski definition) is 7. The number of carbonyl (C=O) groups is 1. The third kappa shape index (κ3) is 6.29. The molecule has 0 radical (unpaired) electrons. The molecule has 1 saturated carbocycles. The van der Waals surface area contributed by atoms with E-state index in [0.717, 1.165) is 55.4 Å². The van der Waals surface area contributed by atoms with Crippen LogP contribution in [0.4, 0.5) is 20.2 Å². The van der Waals surface area contributed by atoms with E-state index in [1.807, 2.05) is 54.6 Å². The number of alkyl halides is 2. The number of anilines is 1. The summed E-state index contributed by atoms with van der Waals surface area (Å²) < 4.78 is 57.2. The number of aromatic amines is 1. The molecule has 2 aliphatic heterocycles. The monoisotopic (exact) mass is 676 g/mol. The number of benzene rings is 3. The number of halogens is 2. The molecule has 1 aromatic heterocycles. The number of aliphatic imine (C=N–C) groups is 1. The number of hydrogen-bond donors (Lipinski definition) is 3. The largest absolute Gasteiger partial charge is 0.494 e. The lowest BCUT2D eigenvalue weighted by atomic mass is 9.93. The van der Waals surface area contributed by atoms with Crippen LogP contribution in [0.25, 0.3) is 10.9 Å². The molecule has 48 heavy (non-hydrogen) atoms. The minimum atomic E-state index is -4.53. The second-order valence-corrected chi connectivity index (χ2v) is 14.8. The zero-order chi connectivity index (χ0) is 33.6. The molecule has 2 saturated heterocycles. The Morgan fingerprint density at radius 3 is 2.33 bits per heavy atom. The van der Waals surface area contributed by atoms with E-state index in [4.69, 9.17) is 4.99 Å². The molecule has 0 unspecified atom stereocenters. The molecule has 0 atom stereocenters. The van der Waals surface area contributed by atoms with E-state index in [9.17, 15) is 27.1 Å². The lowest BCUT2D eigenvalue weighted by Gasteiger charge is -2.34. The number of rotatable bonds is 8. The Morgan fingerprint density at radius 2 is 1.71 bits per heavy atom. The molecule has 3 aromatic carbocycles. The van der Waals surface area contributed by atoms with E-state index >= 15 is 0 Å². The van der Waals surface area contributed by atoms with Gasteiger partial charge in [-0.05, 0) is 62.7 Å². The van der Waals surface area contributed by atoms with Crippen LogP contribution in [-0.2, 0) is 10.0 Å². The van der Waals surface area contributed by atoms with Gasteiger partial charge in [-0.25, -0.2) is 22.2 Å². The third-order valence-electron chi connectivity index (χ3n) is 9.56. The van der Waals surface area contributed by atoms with Crippen LogP contribution >= 0.6 is 0 Å². The first-order valence-corrected chi connectivity index (χ1v) is 17.7. The van der Waals surface area contributed by atoms with Crippen molar-refractivity contribution in [1.29, 1.82) is 0 Å². The van der Waals surface area contributed by atoms with Gasteiger partial charge in [0.25, 0.3) is 11.8 Å². The molecule has 10 nitrogen and oxygen atoms in total.